The fourth-order valence-corrected chi connectivity index (χ4v) is 2.48. The second kappa shape index (κ2) is 5.65. The Morgan fingerprint density at radius 3 is 3.06 bits per heavy atom. The topological polar surface area (TPSA) is 41.1 Å². The maximum Gasteiger partial charge on any atom is 0.252 e. The molecule has 0 spiro atoms. The highest BCUT2D eigenvalue weighted by Crippen LogP contribution is 2.18. The van der Waals surface area contributed by atoms with Crippen molar-refractivity contribution in [2.24, 2.45) is 0 Å². The second-order valence-electron chi connectivity index (χ2n) is 4.50. The molecule has 1 fully saturated rings. The summed E-state index contributed by atoms with van der Waals surface area (Å²) in [5.41, 5.74) is 1.82. The molecule has 1 unspecified atom stereocenters. The first-order chi connectivity index (χ1) is 8.16. The van der Waals surface area contributed by atoms with Crippen LogP contribution in [0.15, 0.2) is 22.7 Å². The Bertz CT molecular complexity index is 414. The van der Waals surface area contributed by atoms with Gasteiger partial charge in [-0.3, -0.25) is 4.79 Å². The summed E-state index contributed by atoms with van der Waals surface area (Å²) < 4.78 is 0.851. The zero-order valence-electron chi connectivity index (χ0n) is 9.92. The average molecular weight is 297 g/mol. The van der Waals surface area contributed by atoms with Gasteiger partial charge in [-0.05, 0) is 54.4 Å². The third-order valence-electron chi connectivity index (χ3n) is 3.00. The van der Waals surface area contributed by atoms with Crippen LogP contribution in [0, 0.1) is 6.92 Å². The number of halogens is 1. The van der Waals surface area contributed by atoms with E-state index in [0.717, 1.165) is 41.5 Å². The van der Waals surface area contributed by atoms with Crippen LogP contribution in [0.4, 0.5) is 0 Å². The molecule has 0 saturated carbocycles. The van der Waals surface area contributed by atoms with Gasteiger partial charge in [0.25, 0.3) is 5.91 Å². The van der Waals surface area contributed by atoms with Gasteiger partial charge in [-0.1, -0.05) is 11.6 Å². The molecule has 1 aromatic carbocycles. The number of nitrogens with one attached hydrogen (secondary N) is 2. The quantitative estimate of drug-likeness (QED) is 0.879. The highest BCUT2D eigenvalue weighted by molar-refractivity contribution is 9.10. The first-order valence-corrected chi connectivity index (χ1v) is 6.74. The molecule has 17 heavy (non-hydrogen) atoms. The predicted octanol–water partition coefficient (Wildman–Crippen LogP) is 2.24. The summed E-state index contributed by atoms with van der Waals surface area (Å²) in [7, 11) is 0. The van der Waals surface area contributed by atoms with E-state index >= 15 is 0 Å². The van der Waals surface area contributed by atoms with E-state index in [2.05, 4.69) is 26.6 Å². The standard InChI is InChI=1S/C13H17BrN2O/c1-9-4-5-12(14)11(7-9)13(17)16-10-3-2-6-15-8-10/h4-5,7,10,15H,2-3,6,8H2,1H3,(H,16,17). The molecule has 4 heteroatoms. The summed E-state index contributed by atoms with van der Waals surface area (Å²) in [5, 5.41) is 6.36. The maximum absolute atomic E-state index is 12.1. The Morgan fingerprint density at radius 2 is 2.35 bits per heavy atom. The van der Waals surface area contributed by atoms with Gasteiger partial charge in [0, 0.05) is 17.1 Å². The molecule has 1 amide bonds. The lowest BCUT2D eigenvalue weighted by atomic mass is 10.1. The Balaban J connectivity index is 2.05. The van der Waals surface area contributed by atoms with Crippen molar-refractivity contribution in [3.05, 3.63) is 33.8 Å². The van der Waals surface area contributed by atoms with Crippen LogP contribution in [0.2, 0.25) is 0 Å². The number of piperidine rings is 1. The minimum Gasteiger partial charge on any atom is -0.348 e. The van der Waals surface area contributed by atoms with E-state index in [1.165, 1.54) is 0 Å². The third-order valence-corrected chi connectivity index (χ3v) is 3.69. The average Bonchev–Trinajstić information content (AvgIpc) is 2.33. The van der Waals surface area contributed by atoms with E-state index in [4.69, 9.17) is 0 Å². The van der Waals surface area contributed by atoms with Crippen LogP contribution in [-0.4, -0.2) is 25.0 Å². The van der Waals surface area contributed by atoms with E-state index in [-0.39, 0.29) is 11.9 Å². The Kier molecular flexibility index (Phi) is 4.18. The summed E-state index contributed by atoms with van der Waals surface area (Å²) in [4.78, 5) is 12.1. The third kappa shape index (κ3) is 3.30. The molecule has 1 heterocycles. The number of carbonyl (C=O) groups is 1. The molecule has 1 aliphatic rings. The van der Waals surface area contributed by atoms with Crippen molar-refractivity contribution in [2.45, 2.75) is 25.8 Å². The zero-order chi connectivity index (χ0) is 12.3. The van der Waals surface area contributed by atoms with Crippen molar-refractivity contribution in [1.29, 1.82) is 0 Å². The summed E-state index contributed by atoms with van der Waals surface area (Å²) in [6.45, 7) is 3.92. The van der Waals surface area contributed by atoms with Crippen LogP contribution in [0.3, 0.4) is 0 Å². The summed E-state index contributed by atoms with van der Waals surface area (Å²) >= 11 is 3.42. The lowest BCUT2D eigenvalue weighted by Gasteiger charge is -2.24. The van der Waals surface area contributed by atoms with Crippen LogP contribution in [-0.2, 0) is 0 Å². The second-order valence-corrected chi connectivity index (χ2v) is 5.35. The zero-order valence-corrected chi connectivity index (χ0v) is 11.5. The first kappa shape index (κ1) is 12.6. The fraction of sp³-hybridized carbons (Fsp3) is 0.462. The highest BCUT2D eigenvalue weighted by Gasteiger charge is 2.17. The fourth-order valence-electron chi connectivity index (χ4n) is 2.05. The molecule has 0 bridgehead atoms. The van der Waals surface area contributed by atoms with E-state index in [9.17, 15) is 4.79 Å². The van der Waals surface area contributed by atoms with Gasteiger partial charge in [-0.15, -0.1) is 0 Å². The minimum atomic E-state index is 0.00859. The van der Waals surface area contributed by atoms with Crippen molar-refractivity contribution >= 4 is 21.8 Å². The van der Waals surface area contributed by atoms with Gasteiger partial charge in [0.15, 0.2) is 0 Å². The molecule has 1 atom stereocenters. The normalized spacial score (nSPS) is 20.0. The lowest BCUT2D eigenvalue weighted by Crippen LogP contribution is -2.45. The van der Waals surface area contributed by atoms with E-state index < -0.39 is 0 Å². The van der Waals surface area contributed by atoms with Crippen molar-refractivity contribution in [3.8, 4) is 0 Å². The van der Waals surface area contributed by atoms with Gasteiger partial charge >= 0.3 is 0 Å². The van der Waals surface area contributed by atoms with Crippen molar-refractivity contribution in [2.75, 3.05) is 13.1 Å². The SMILES string of the molecule is Cc1ccc(Br)c(C(=O)NC2CCCNC2)c1. The molecule has 92 valence electrons. The van der Waals surface area contributed by atoms with Crippen LogP contribution in [0.5, 0.6) is 0 Å². The monoisotopic (exact) mass is 296 g/mol. The number of rotatable bonds is 2. The van der Waals surface area contributed by atoms with E-state index in [1.54, 1.807) is 0 Å². The van der Waals surface area contributed by atoms with E-state index in [1.807, 2.05) is 25.1 Å². The first-order valence-electron chi connectivity index (χ1n) is 5.94. The molecular formula is C13H17BrN2O. The smallest absolute Gasteiger partial charge is 0.252 e. The number of aryl methyl sites for hydroxylation is 1. The molecular weight excluding hydrogens is 280 g/mol. The van der Waals surface area contributed by atoms with Gasteiger partial charge in [-0.2, -0.15) is 0 Å². The lowest BCUT2D eigenvalue weighted by molar-refractivity contribution is 0.0930. The van der Waals surface area contributed by atoms with Crippen molar-refractivity contribution < 1.29 is 4.79 Å². The Labute approximate surface area is 110 Å². The maximum atomic E-state index is 12.1. The van der Waals surface area contributed by atoms with Crippen LogP contribution < -0.4 is 10.6 Å². The number of carbonyl (C=O) groups excluding carboxylic acids is 1. The van der Waals surface area contributed by atoms with Gasteiger partial charge in [0.05, 0.1) is 5.56 Å². The molecule has 0 radical (unpaired) electrons. The predicted molar refractivity (Wildman–Crippen MR) is 72.2 cm³/mol. The van der Waals surface area contributed by atoms with Crippen molar-refractivity contribution in [1.82, 2.24) is 10.6 Å². The molecule has 0 aliphatic carbocycles. The molecule has 2 rings (SSSR count). The van der Waals surface area contributed by atoms with Crippen LogP contribution in [0.1, 0.15) is 28.8 Å². The molecule has 0 aromatic heterocycles. The summed E-state index contributed by atoms with van der Waals surface area (Å²) in [5.74, 6) is 0.00859. The largest absolute Gasteiger partial charge is 0.348 e. The molecule has 3 nitrogen and oxygen atoms in total. The Hall–Kier alpha value is -0.870. The Morgan fingerprint density at radius 1 is 1.53 bits per heavy atom. The van der Waals surface area contributed by atoms with Gasteiger partial charge in [0.2, 0.25) is 0 Å². The van der Waals surface area contributed by atoms with Gasteiger partial charge in [0.1, 0.15) is 0 Å². The van der Waals surface area contributed by atoms with Crippen LogP contribution >= 0.6 is 15.9 Å². The number of benzene rings is 1. The number of hydrogen-bond acceptors (Lipinski definition) is 2. The minimum absolute atomic E-state index is 0.00859. The van der Waals surface area contributed by atoms with E-state index in [0.29, 0.717) is 0 Å². The molecule has 2 N–H and O–H groups in total. The van der Waals surface area contributed by atoms with Crippen LogP contribution in [0.25, 0.3) is 0 Å². The molecule has 1 aromatic rings. The molecule has 1 aliphatic heterocycles. The van der Waals surface area contributed by atoms with Gasteiger partial charge < -0.3 is 10.6 Å². The summed E-state index contributed by atoms with van der Waals surface area (Å²) in [6, 6.07) is 6.07. The highest BCUT2D eigenvalue weighted by atomic mass is 79.9. The summed E-state index contributed by atoms with van der Waals surface area (Å²) in [6.07, 6.45) is 2.18. The molecule has 1 saturated heterocycles. The number of hydrogen-bond donors (Lipinski definition) is 2. The van der Waals surface area contributed by atoms with Crippen molar-refractivity contribution in [3.63, 3.8) is 0 Å². The number of amides is 1. The van der Waals surface area contributed by atoms with Gasteiger partial charge in [-0.25, -0.2) is 0 Å².